The molecule has 0 saturated heterocycles. The average Bonchev–Trinajstić information content (AvgIpc) is 2.37. The molecule has 0 fully saturated rings. The lowest BCUT2D eigenvalue weighted by Crippen LogP contribution is -2.48. The van der Waals surface area contributed by atoms with Crippen LogP contribution >= 0.6 is 11.6 Å². The molecule has 1 unspecified atom stereocenters. The Labute approximate surface area is 129 Å². The summed E-state index contributed by atoms with van der Waals surface area (Å²) < 4.78 is 5.25. The zero-order chi connectivity index (χ0) is 16.4. The zero-order valence-electron chi connectivity index (χ0n) is 12.8. The number of carbonyl (C=O) groups is 2. The molecule has 0 bridgehead atoms. The summed E-state index contributed by atoms with van der Waals surface area (Å²) in [5, 5.41) is 10.3. The topological polar surface area (TPSA) is 66.8 Å². The average molecular weight is 314 g/mol. The molecule has 0 aliphatic rings. The van der Waals surface area contributed by atoms with E-state index in [0.29, 0.717) is 11.3 Å². The maximum atomic E-state index is 12.2. The Bertz CT molecular complexity index is 553. The van der Waals surface area contributed by atoms with Crippen molar-refractivity contribution in [2.45, 2.75) is 38.8 Å². The molecule has 0 aromatic heterocycles. The zero-order valence-corrected chi connectivity index (χ0v) is 13.6. The second-order valence-corrected chi connectivity index (χ2v) is 6.40. The molecule has 1 aromatic carbocycles. The Morgan fingerprint density at radius 3 is 2.38 bits per heavy atom. The number of ether oxygens (including phenoxy) is 1. The number of phenols is 1. The number of halogens is 1. The third-order valence-corrected chi connectivity index (χ3v) is 3.33. The van der Waals surface area contributed by atoms with Crippen molar-refractivity contribution < 1.29 is 19.4 Å². The highest BCUT2D eigenvalue weighted by Crippen LogP contribution is 2.34. The minimum atomic E-state index is -1.39. The van der Waals surface area contributed by atoms with Crippen molar-refractivity contribution in [3.05, 3.63) is 28.8 Å². The molecule has 0 saturated carbocycles. The van der Waals surface area contributed by atoms with Gasteiger partial charge in [-0.15, -0.1) is 0 Å². The first-order valence-electron chi connectivity index (χ1n) is 6.43. The van der Waals surface area contributed by atoms with Crippen molar-refractivity contribution >= 4 is 24.0 Å². The highest BCUT2D eigenvalue weighted by molar-refractivity contribution is 6.30. The SMILES string of the molecule is CN(C(=O)OC(C)(C)C)C(C)(C=O)c1cc(Cl)ccc1O. The molecule has 6 heteroatoms. The first-order valence-corrected chi connectivity index (χ1v) is 6.81. The van der Waals surface area contributed by atoms with E-state index in [9.17, 15) is 14.7 Å². The minimum absolute atomic E-state index is 0.121. The quantitative estimate of drug-likeness (QED) is 0.869. The van der Waals surface area contributed by atoms with Crippen LogP contribution in [-0.2, 0) is 15.1 Å². The molecular formula is C15H20ClNO4. The van der Waals surface area contributed by atoms with Crippen molar-refractivity contribution in [1.29, 1.82) is 0 Å². The molecule has 1 amide bonds. The van der Waals surface area contributed by atoms with Gasteiger partial charge in [0.15, 0.2) is 0 Å². The Balaban J connectivity index is 3.23. The lowest BCUT2D eigenvalue weighted by Gasteiger charge is -2.36. The first-order chi connectivity index (χ1) is 9.51. The third-order valence-electron chi connectivity index (χ3n) is 3.10. The normalized spacial score (nSPS) is 14.2. The Kier molecular flexibility index (Phi) is 4.89. The summed E-state index contributed by atoms with van der Waals surface area (Å²) in [6.45, 7) is 6.70. The van der Waals surface area contributed by atoms with Crippen molar-refractivity contribution in [2.75, 3.05) is 7.05 Å². The second-order valence-electron chi connectivity index (χ2n) is 5.97. The van der Waals surface area contributed by atoms with E-state index in [1.54, 1.807) is 20.8 Å². The van der Waals surface area contributed by atoms with E-state index in [4.69, 9.17) is 16.3 Å². The molecule has 1 rings (SSSR count). The number of phenolic OH excluding ortho intramolecular Hbond substituents is 1. The van der Waals surface area contributed by atoms with Crippen LogP contribution in [0.5, 0.6) is 5.75 Å². The largest absolute Gasteiger partial charge is 0.508 e. The Hall–Kier alpha value is -1.75. The smallest absolute Gasteiger partial charge is 0.411 e. The van der Waals surface area contributed by atoms with Gasteiger partial charge in [0.1, 0.15) is 23.2 Å². The number of rotatable bonds is 3. The molecule has 0 radical (unpaired) electrons. The first kappa shape index (κ1) is 17.3. The van der Waals surface area contributed by atoms with Gasteiger partial charge >= 0.3 is 6.09 Å². The van der Waals surface area contributed by atoms with Crippen LogP contribution < -0.4 is 0 Å². The van der Waals surface area contributed by atoms with Crippen LogP contribution in [0, 0.1) is 0 Å². The van der Waals surface area contributed by atoms with E-state index in [-0.39, 0.29) is 11.3 Å². The Morgan fingerprint density at radius 2 is 1.90 bits per heavy atom. The van der Waals surface area contributed by atoms with Crippen molar-refractivity contribution in [1.82, 2.24) is 4.90 Å². The molecule has 0 aliphatic carbocycles. The lowest BCUT2D eigenvalue weighted by molar-refractivity contribution is -0.117. The predicted octanol–water partition coefficient (Wildman–Crippen LogP) is 3.33. The molecule has 0 spiro atoms. The number of hydrogen-bond acceptors (Lipinski definition) is 4. The van der Waals surface area contributed by atoms with Gasteiger partial charge in [-0.05, 0) is 45.9 Å². The fourth-order valence-electron chi connectivity index (χ4n) is 1.76. The van der Waals surface area contributed by atoms with Crippen LogP contribution in [0.2, 0.25) is 5.02 Å². The molecule has 0 heterocycles. The maximum absolute atomic E-state index is 12.2. The van der Waals surface area contributed by atoms with E-state index in [1.165, 1.54) is 32.2 Å². The third kappa shape index (κ3) is 3.88. The summed E-state index contributed by atoms with van der Waals surface area (Å²) in [5.41, 5.74) is -1.85. The number of amides is 1. The molecule has 116 valence electrons. The van der Waals surface area contributed by atoms with Crippen LogP contribution in [0.3, 0.4) is 0 Å². The molecule has 1 N–H and O–H groups in total. The van der Waals surface area contributed by atoms with Crippen LogP contribution in [0.1, 0.15) is 33.3 Å². The van der Waals surface area contributed by atoms with Gasteiger partial charge in [-0.3, -0.25) is 4.90 Å². The number of likely N-dealkylation sites (N-methyl/N-ethyl adjacent to an activating group) is 1. The van der Waals surface area contributed by atoms with E-state index in [0.717, 1.165) is 4.90 Å². The molecular weight excluding hydrogens is 294 g/mol. The summed E-state index contributed by atoms with van der Waals surface area (Å²) in [6.07, 6.45) is -0.0982. The minimum Gasteiger partial charge on any atom is -0.508 e. The van der Waals surface area contributed by atoms with Gasteiger partial charge in [0, 0.05) is 17.6 Å². The van der Waals surface area contributed by atoms with Crippen molar-refractivity contribution in [3.63, 3.8) is 0 Å². The number of nitrogens with zero attached hydrogens (tertiary/aromatic N) is 1. The number of benzene rings is 1. The molecule has 1 aromatic rings. The standard InChI is InChI=1S/C15H20ClNO4/c1-14(2,3)21-13(20)17(5)15(4,9-18)11-8-10(16)6-7-12(11)19/h6-9,19H,1-5H3. The van der Waals surface area contributed by atoms with Gasteiger partial charge < -0.3 is 14.6 Å². The molecule has 21 heavy (non-hydrogen) atoms. The highest BCUT2D eigenvalue weighted by Gasteiger charge is 2.38. The van der Waals surface area contributed by atoms with E-state index in [2.05, 4.69) is 0 Å². The fourth-order valence-corrected chi connectivity index (χ4v) is 1.93. The second kappa shape index (κ2) is 5.93. The molecule has 5 nitrogen and oxygen atoms in total. The van der Waals surface area contributed by atoms with Gasteiger partial charge in [0.25, 0.3) is 0 Å². The van der Waals surface area contributed by atoms with Crippen molar-refractivity contribution in [2.24, 2.45) is 0 Å². The predicted molar refractivity (Wildman–Crippen MR) is 80.5 cm³/mol. The summed E-state index contributed by atoms with van der Waals surface area (Å²) >= 11 is 5.91. The molecule has 0 aliphatic heterocycles. The maximum Gasteiger partial charge on any atom is 0.411 e. The number of hydrogen-bond donors (Lipinski definition) is 1. The van der Waals surface area contributed by atoms with Crippen LogP contribution in [0.15, 0.2) is 18.2 Å². The van der Waals surface area contributed by atoms with Gasteiger partial charge in [-0.1, -0.05) is 11.6 Å². The van der Waals surface area contributed by atoms with E-state index in [1.807, 2.05) is 0 Å². The summed E-state index contributed by atoms with van der Waals surface area (Å²) in [7, 11) is 1.43. The number of aromatic hydroxyl groups is 1. The summed E-state index contributed by atoms with van der Waals surface area (Å²) in [5.74, 6) is -0.121. The van der Waals surface area contributed by atoms with Gasteiger partial charge in [-0.25, -0.2) is 4.79 Å². The highest BCUT2D eigenvalue weighted by atomic mass is 35.5. The van der Waals surface area contributed by atoms with Crippen LogP contribution in [-0.4, -0.2) is 35.0 Å². The summed E-state index contributed by atoms with van der Waals surface area (Å²) in [6, 6.07) is 4.33. The number of carbonyl (C=O) groups excluding carboxylic acids is 2. The monoisotopic (exact) mass is 313 g/mol. The molecule has 1 atom stereocenters. The fraction of sp³-hybridized carbons (Fsp3) is 0.467. The Morgan fingerprint density at radius 1 is 1.33 bits per heavy atom. The van der Waals surface area contributed by atoms with E-state index < -0.39 is 17.2 Å². The van der Waals surface area contributed by atoms with Crippen molar-refractivity contribution in [3.8, 4) is 5.75 Å². The van der Waals surface area contributed by atoms with Gasteiger partial charge in [-0.2, -0.15) is 0 Å². The van der Waals surface area contributed by atoms with Crippen LogP contribution in [0.25, 0.3) is 0 Å². The summed E-state index contributed by atoms with van der Waals surface area (Å²) in [4.78, 5) is 24.9. The van der Waals surface area contributed by atoms with Crippen LogP contribution in [0.4, 0.5) is 4.79 Å². The number of aldehydes is 1. The van der Waals surface area contributed by atoms with E-state index >= 15 is 0 Å². The van der Waals surface area contributed by atoms with Gasteiger partial charge in [0.2, 0.25) is 0 Å². The lowest BCUT2D eigenvalue weighted by atomic mass is 9.91. The van der Waals surface area contributed by atoms with Gasteiger partial charge in [0.05, 0.1) is 0 Å².